The Hall–Kier alpha value is -3.76. The van der Waals surface area contributed by atoms with Gasteiger partial charge in [0.05, 0.1) is 24.6 Å². The Bertz CT molecular complexity index is 1390. The van der Waals surface area contributed by atoms with E-state index in [1.165, 1.54) is 4.68 Å². The van der Waals surface area contributed by atoms with Crippen LogP contribution in [0.3, 0.4) is 0 Å². The average molecular weight is 490 g/mol. The van der Waals surface area contributed by atoms with Crippen molar-refractivity contribution >= 4 is 16.8 Å². The summed E-state index contributed by atoms with van der Waals surface area (Å²) in [4.78, 5) is 29.1. The Morgan fingerprint density at radius 3 is 2.53 bits per heavy atom. The van der Waals surface area contributed by atoms with E-state index in [1.54, 1.807) is 11.6 Å². The topological polar surface area (TPSA) is 99.2 Å². The van der Waals surface area contributed by atoms with Crippen LogP contribution in [-0.4, -0.2) is 74.3 Å². The maximum absolute atomic E-state index is 13.8. The highest BCUT2D eigenvalue weighted by Gasteiger charge is 2.25. The predicted molar refractivity (Wildman–Crippen MR) is 137 cm³/mol. The first-order valence-corrected chi connectivity index (χ1v) is 12.3. The number of fused-ring (bicyclic) bond motifs is 1. The maximum Gasteiger partial charge on any atom is 0.280 e. The fourth-order valence-corrected chi connectivity index (χ4v) is 4.55. The molecular weight excluding hydrogens is 458 g/mol. The lowest BCUT2D eigenvalue weighted by atomic mass is 10.2. The van der Waals surface area contributed by atoms with Crippen molar-refractivity contribution in [1.82, 2.24) is 34.3 Å². The fraction of sp³-hybridized carbons (Fsp3) is 0.385. The Labute approximate surface area is 209 Å². The lowest BCUT2D eigenvalue weighted by Crippen LogP contribution is -2.40. The molecule has 1 aromatic carbocycles. The van der Waals surface area contributed by atoms with Crippen LogP contribution in [0.15, 0.2) is 59.7 Å². The number of carbonyl (C=O) groups is 1. The van der Waals surface area contributed by atoms with E-state index in [2.05, 4.69) is 15.3 Å². The summed E-state index contributed by atoms with van der Waals surface area (Å²) in [6.45, 7) is 8.31. The van der Waals surface area contributed by atoms with E-state index < -0.39 is 6.04 Å². The monoisotopic (exact) mass is 489 g/mol. The summed E-state index contributed by atoms with van der Waals surface area (Å²) in [5.41, 5.74) is 1.58. The van der Waals surface area contributed by atoms with Crippen LogP contribution >= 0.6 is 0 Å². The second-order valence-electron chi connectivity index (χ2n) is 8.99. The van der Waals surface area contributed by atoms with Gasteiger partial charge in [0.2, 0.25) is 5.91 Å². The largest absolute Gasteiger partial charge is 0.379 e. The second-order valence-corrected chi connectivity index (χ2v) is 8.99. The number of nitrogens with zero attached hydrogens (tertiary/aromatic N) is 6. The number of hydrogen-bond donors (Lipinski definition) is 1. The van der Waals surface area contributed by atoms with Crippen molar-refractivity contribution in [3.8, 4) is 11.5 Å². The summed E-state index contributed by atoms with van der Waals surface area (Å²) < 4.78 is 10.3. The molecule has 1 atom stereocenters. The lowest BCUT2D eigenvalue weighted by molar-refractivity contribution is -0.124. The molecule has 1 amide bonds. The number of aromatic nitrogens is 5. The van der Waals surface area contributed by atoms with E-state index in [1.807, 2.05) is 66.3 Å². The number of benzene rings is 1. The first kappa shape index (κ1) is 24.0. The molecule has 188 valence electrons. The van der Waals surface area contributed by atoms with Crippen molar-refractivity contribution in [3.05, 3.63) is 70.9 Å². The van der Waals surface area contributed by atoms with Gasteiger partial charge in [-0.1, -0.05) is 18.2 Å². The molecule has 0 radical (unpaired) electrons. The summed E-state index contributed by atoms with van der Waals surface area (Å²) in [5, 5.41) is 12.6. The SMILES string of the molecule is Cc1nn([C@H](C)C(=O)NCCCN2CCOCC2)c(=O)c2c(-n3cccc3)n(-c3ccccc3)nc12. The molecule has 36 heavy (non-hydrogen) atoms. The molecule has 0 bridgehead atoms. The van der Waals surface area contributed by atoms with Crippen molar-refractivity contribution in [2.75, 3.05) is 39.4 Å². The Kier molecular flexibility index (Phi) is 6.97. The minimum atomic E-state index is -0.762. The van der Waals surface area contributed by atoms with Gasteiger partial charge >= 0.3 is 0 Å². The number of carbonyl (C=O) groups excluding carboxylic acids is 1. The third-order valence-electron chi connectivity index (χ3n) is 6.53. The molecule has 4 aromatic rings. The average Bonchev–Trinajstić information content (AvgIpc) is 3.58. The van der Waals surface area contributed by atoms with Gasteiger partial charge < -0.3 is 14.6 Å². The van der Waals surface area contributed by atoms with Gasteiger partial charge in [0.25, 0.3) is 5.56 Å². The molecule has 0 saturated carbocycles. The molecular formula is C26H31N7O3. The van der Waals surface area contributed by atoms with Crippen LogP contribution in [0, 0.1) is 6.92 Å². The van der Waals surface area contributed by atoms with Crippen LogP contribution in [0.4, 0.5) is 0 Å². The first-order chi connectivity index (χ1) is 17.5. The fourth-order valence-electron chi connectivity index (χ4n) is 4.55. The second kappa shape index (κ2) is 10.5. The first-order valence-electron chi connectivity index (χ1n) is 12.3. The number of para-hydroxylation sites is 1. The van der Waals surface area contributed by atoms with Crippen molar-refractivity contribution in [3.63, 3.8) is 0 Å². The van der Waals surface area contributed by atoms with Gasteiger partial charge in [-0.15, -0.1) is 0 Å². The number of hydrogen-bond acceptors (Lipinski definition) is 6. The van der Waals surface area contributed by atoms with Crippen LogP contribution in [0.2, 0.25) is 0 Å². The van der Waals surface area contributed by atoms with E-state index in [0.29, 0.717) is 29.0 Å². The van der Waals surface area contributed by atoms with Crippen LogP contribution in [-0.2, 0) is 9.53 Å². The molecule has 5 rings (SSSR count). The third kappa shape index (κ3) is 4.69. The van der Waals surface area contributed by atoms with Crippen molar-refractivity contribution in [2.24, 2.45) is 0 Å². The molecule has 1 aliphatic rings. The summed E-state index contributed by atoms with van der Waals surface area (Å²) in [5.74, 6) is 0.381. The molecule has 10 heteroatoms. The van der Waals surface area contributed by atoms with Gasteiger partial charge in [0.15, 0.2) is 5.82 Å². The third-order valence-corrected chi connectivity index (χ3v) is 6.53. The number of ether oxygens (including phenoxy) is 1. The Morgan fingerprint density at radius 2 is 1.81 bits per heavy atom. The normalized spacial score (nSPS) is 15.3. The zero-order valence-electron chi connectivity index (χ0n) is 20.6. The van der Waals surface area contributed by atoms with Gasteiger partial charge in [-0.25, -0.2) is 9.36 Å². The molecule has 1 aliphatic heterocycles. The van der Waals surface area contributed by atoms with Gasteiger partial charge in [-0.05, 0) is 51.1 Å². The van der Waals surface area contributed by atoms with Gasteiger partial charge in [0.1, 0.15) is 16.9 Å². The number of nitrogens with one attached hydrogen (secondary N) is 1. The highest BCUT2D eigenvalue weighted by atomic mass is 16.5. The summed E-state index contributed by atoms with van der Waals surface area (Å²) in [6.07, 6.45) is 4.58. The molecule has 1 saturated heterocycles. The smallest absolute Gasteiger partial charge is 0.280 e. The summed E-state index contributed by atoms with van der Waals surface area (Å²) in [7, 11) is 0. The van der Waals surface area contributed by atoms with E-state index in [4.69, 9.17) is 9.84 Å². The lowest BCUT2D eigenvalue weighted by Gasteiger charge is -2.26. The highest BCUT2D eigenvalue weighted by Crippen LogP contribution is 2.25. The van der Waals surface area contributed by atoms with Crippen LogP contribution in [0.5, 0.6) is 0 Å². The molecule has 4 heterocycles. The van der Waals surface area contributed by atoms with Crippen LogP contribution in [0.25, 0.3) is 22.4 Å². The summed E-state index contributed by atoms with van der Waals surface area (Å²) in [6, 6.07) is 12.7. The minimum Gasteiger partial charge on any atom is -0.379 e. The number of aryl methyl sites for hydroxylation is 1. The summed E-state index contributed by atoms with van der Waals surface area (Å²) >= 11 is 0. The molecule has 10 nitrogen and oxygen atoms in total. The standard InChI is InChI=1S/C26H31N7O3/c1-19-23-22(25(31-13-6-7-14-31)33(29-23)21-9-4-3-5-10-21)26(35)32(28-19)20(2)24(34)27-11-8-12-30-15-17-36-18-16-30/h3-7,9-10,13-14,20H,8,11-12,15-18H2,1-2H3,(H,27,34)/t20-/m1/s1. The minimum absolute atomic E-state index is 0.233. The molecule has 0 spiro atoms. The molecule has 3 aromatic heterocycles. The molecule has 1 fully saturated rings. The van der Waals surface area contributed by atoms with Gasteiger partial charge in [-0.2, -0.15) is 10.2 Å². The molecule has 1 N–H and O–H groups in total. The predicted octanol–water partition coefficient (Wildman–Crippen LogP) is 2.08. The quantitative estimate of drug-likeness (QED) is 0.381. The van der Waals surface area contributed by atoms with E-state index >= 15 is 0 Å². The van der Waals surface area contributed by atoms with E-state index in [9.17, 15) is 9.59 Å². The van der Waals surface area contributed by atoms with Crippen molar-refractivity contribution < 1.29 is 9.53 Å². The van der Waals surface area contributed by atoms with Crippen LogP contribution < -0.4 is 10.9 Å². The molecule has 0 aliphatic carbocycles. The number of rotatable bonds is 8. The Balaban J connectivity index is 1.44. The zero-order chi connectivity index (χ0) is 25.1. The maximum atomic E-state index is 13.8. The highest BCUT2D eigenvalue weighted by molar-refractivity contribution is 5.88. The van der Waals surface area contributed by atoms with E-state index in [0.717, 1.165) is 45.0 Å². The van der Waals surface area contributed by atoms with Gasteiger partial charge in [-0.3, -0.25) is 14.5 Å². The van der Waals surface area contributed by atoms with Crippen LogP contribution in [0.1, 0.15) is 25.1 Å². The van der Waals surface area contributed by atoms with Crippen molar-refractivity contribution in [1.29, 1.82) is 0 Å². The Morgan fingerprint density at radius 1 is 1.08 bits per heavy atom. The van der Waals surface area contributed by atoms with Gasteiger partial charge in [0, 0.05) is 32.0 Å². The number of morpholine rings is 1. The van der Waals surface area contributed by atoms with Crippen molar-refractivity contribution in [2.45, 2.75) is 26.3 Å². The van der Waals surface area contributed by atoms with E-state index in [-0.39, 0.29) is 11.5 Å². The zero-order valence-corrected chi connectivity index (χ0v) is 20.6. The molecule has 0 unspecified atom stereocenters. The number of amides is 1.